The van der Waals surface area contributed by atoms with E-state index in [4.69, 9.17) is 9.26 Å². The maximum Gasteiger partial charge on any atom is 0.244 e. The highest BCUT2D eigenvalue weighted by atomic mass is 32.2. The second-order valence-corrected chi connectivity index (χ2v) is 8.83. The fourth-order valence-corrected chi connectivity index (χ4v) is 4.19. The highest BCUT2D eigenvalue weighted by molar-refractivity contribution is 7.92. The average molecular weight is 302 g/mol. The lowest BCUT2D eigenvalue weighted by molar-refractivity contribution is 0.126. The first-order valence-corrected chi connectivity index (χ1v) is 8.43. The van der Waals surface area contributed by atoms with E-state index in [0.717, 1.165) is 0 Å². The molecule has 0 aromatic carbocycles. The third-order valence-corrected chi connectivity index (χ3v) is 6.33. The van der Waals surface area contributed by atoms with Crippen molar-refractivity contribution in [2.45, 2.75) is 63.1 Å². The average Bonchev–Trinajstić information content (AvgIpc) is 2.95. The van der Waals surface area contributed by atoms with E-state index in [9.17, 15) is 8.42 Å². The Morgan fingerprint density at radius 2 is 2.00 bits per heavy atom. The van der Waals surface area contributed by atoms with Crippen molar-refractivity contribution < 1.29 is 17.7 Å². The molecule has 1 aliphatic rings. The smallest absolute Gasteiger partial charge is 0.244 e. The zero-order chi connectivity index (χ0) is 15.1. The Balaban J connectivity index is 2.26. The van der Waals surface area contributed by atoms with Gasteiger partial charge in [0, 0.05) is 12.0 Å². The van der Waals surface area contributed by atoms with Crippen LogP contribution >= 0.6 is 0 Å². The molecule has 0 saturated carbocycles. The van der Waals surface area contributed by atoms with Gasteiger partial charge >= 0.3 is 0 Å². The fraction of sp³-hybridized carbons (Fsp3) is 0.846. The minimum absolute atomic E-state index is 0.161. The van der Waals surface area contributed by atoms with Gasteiger partial charge in [0.1, 0.15) is 5.25 Å². The molecule has 0 spiro atoms. The van der Waals surface area contributed by atoms with Crippen molar-refractivity contribution in [2.75, 3.05) is 6.61 Å². The SMILES string of the molecule is CC1OCCC1S(=O)(=O)C(C)c1nc(C(C)(C)C)no1. The second kappa shape index (κ2) is 5.11. The van der Waals surface area contributed by atoms with Gasteiger partial charge in [0.05, 0.1) is 11.4 Å². The van der Waals surface area contributed by atoms with Crippen molar-refractivity contribution in [2.24, 2.45) is 0 Å². The summed E-state index contributed by atoms with van der Waals surface area (Å²) in [6.45, 7) is 9.72. The fourth-order valence-electron chi connectivity index (χ4n) is 2.25. The lowest BCUT2D eigenvalue weighted by Crippen LogP contribution is -2.31. The van der Waals surface area contributed by atoms with Gasteiger partial charge in [0.25, 0.3) is 0 Å². The predicted octanol–water partition coefficient (Wildman–Crippen LogP) is 2.02. The Morgan fingerprint density at radius 3 is 2.45 bits per heavy atom. The van der Waals surface area contributed by atoms with Crippen molar-refractivity contribution in [1.29, 1.82) is 0 Å². The number of nitrogens with zero attached hydrogens (tertiary/aromatic N) is 2. The van der Waals surface area contributed by atoms with Gasteiger partial charge in [-0.15, -0.1) is 0 Å². The summed E-state index contributed by atoms with van der Waals surface area (Å²) in [5, 5.41) is 2.58. The number of rotatable bonds is 3. The number of ether oxygens (including phenoxy) is 1. The van der Waals surface area contributed by atoms with Crippen LogP contribution in [0.2, 0.25) is 0 Å². The van der Waals surface area contributed by atoms with Gasteiger partial charge in [0.2, 0.25) is 5.89 Å². The van der Waals surface area contributed by atoms with Crippen molar-refractivity contribution in [1.82, 2.24) is 10.1 Å². The summed E-state index contributed by atoms with van der Waals surface area (Å²) < 4.78 is 35.7. The summed E-state index contributed by atoms with van der Waals surface area (Å²) in [5.74, 6) is 0.680. The van der Waals surface area contributed by atoms with E-state index in [1.807, 2.05) is 20.8 Å². The summed E-state index contributed by atoms with van der Waals surface area (Å²) >= 11 is 0. The van der Waals surface area contributed by atoms with Crippen LogP contribution in [-0.4, -0.2) is 36.5 Å². The Kier molecular flexibility index (Phi) is 3.94. The molecule has 7 heteroatoms. The van der Waals surface area contributed by atoms with Crippen LogP contribution < -0.4 is 0 Å². The molecule has 6 nitrogen and oxygen atoms in total. The Bertz CT molecular complexity index is 573. The molecule has 0 radical (unpaired) electrons. The molecule has 0 aliphatic carbocycles. The van der Waals surface area contributed by atoms with Gasteiger partial charge < -0.3 is 9.26 Å². The molecule has 3 unspecified atom stereocenters. The Labute approximate surface area is 119 Å². The van der Waals surface area contributed by atoms with E-state index < -0.39 is 20.3 Å². The van der Waals surface area contributed by atoms with Crippen LogP contribution in [0.3, 0.4) is 0 Å². The molecule has 0 N–H and O–H groups in total. The highest BCUT2D eigenvalue weighted by Crippen LogP contribution is 2.32. The first kappa shape index (κ1) is 15.4. The standard InChI is InChI=1S/C13H22N2O4S/c1-8-10(6-7-18-8)20(16,17)9(2)11-14-12(15-19-11)13(3,4)5/h8-10H,6-7H2,1-5H3. The van der Waals surface area contributed by atoms with E-state index >= 15 is 0 Å². The first-order chi connectivity index (χ1) is 9.14. The minimum atomic E-state index is -3.39. The summed E-state index contributed by atoms with van der Waals surface area (Å²) in [4.78, 5) is 4.25. The van der Waals surface area contributed by atoms with Gasteiger partial charge in [-0.05, 0) is 20.3 Å². The second-order valence-electron chi connectivity index (χ2n) is 6.34. The van der Waals surface area contributed by atoms with Gasteiger partial charge in [-0.2, -0.15) is 4.98 Å². The molecule has 0 amide bonds. The number of hydrogen-bond acceptors (Lipinski definition) is 6. The van der Waals surface area contributed by atoms with Crippen molar-refractivity contribution in [3.8, 4) is 0 Å². The van der Waals surface area contributed by atoms with E-state index in [1.165, 1.54) is 0 Å². The highest BCUT2D eigenvalue weighted by Gasteiger charge is 2.42. The number of hydrogen-bond donors (Lipinski definition) is 0. The number of sulfone groups is 1. The lowest BCUT2D eigenvalue weighted by Gasteiger charge is -2.18. The van der Waals surface area contributed by atoms with Crippen molar-refractivity contribution in [3.05, 3.63) is 11.7 Å². The lowest BCUT2D eigenvalue weighted by atomic mass is 9.96. The normalized spacial score (nSPS) is 25.9. The van der Waals surface area contributed by atoms with Crippen LogP contribution in [0.1, 0.15) is 58.0 Å². The van der Waals surface area contributed by atoms with Gasteiger partial charge in [-0.3, -0.25) is 0 Å². The molecule has 20 heavy (non-hydrogen) atoms. The Hall–Kier alpha value is -0.950. The summed E-state index contributed by atoms with van der Waals surface area (Å²) in [6.07, 6.45) is 0.237. The summed E-state index contributed by atoms with van der Waals surface area (Å²) in [6, 6.07) is 0. The summed E-state index contributed by atoms with van der Waals surface area (Å²) in [5.41, 5.74) is -0.269. The molecule has 2 rings (SSSR count). The molecule has 1 saturated heterocycles. The first-order valence-electron chi connectivity index (χ1n) is 6.82. The van der Waals surface area contributed by atoms with E-state index in [2.05, 4.69) is 10.1 Å². The molecule has 3 atom stereocenters. The van der Waals surface area contributed by atoms with Crippen molar-refractivity contribution in [3.63, 3.8) is 0 Å². The van der Waals surface area contributed by atoms with E-state index in [-0.39, 0.29) is 17.4 Å². The maximum absolute atomic E-state index is 12.6. The van der Waals surface area contributed by atoms with Gasteiger partial charge in [-0.1, -0.05) is 25.9 Å². The molecule has 1 aliphatic heterocycles. The van der Waals surface area contributed by atoms with Crippen LogP contribution in [0.25, 0.3) is 0 Å². The molecule has 114 valence electrons. The summed E-state index contributed by atoms with van der Waals surface area (Å²) in [7, 11) is -3.39. The molecule has 2 heterocycles. The molecule has 1 aromatic heterocycles. The maximum atomic E-state index is 12.6. The van der Waals surface area contributed by atoms with Gasteiger partial charge in [-0.25, -0.2) is 8.42 Å². The van der Waals surface area contributed by atoms with Crippen LogP contribution in [0, 0.1) is 0 Å². The molecule has 1 aromatic rings. The minimum Gasteiger partial charge on any atom is -0.377 e. The predicted molar refractivity (Wildman–Crippen MR) is 74.2 cm³/mol. The topological polar surface area (TPSA) is 82.3 Å². The molecule has 1 fully saturated rings. The third-order valence-electron chi connectivity index (χ3n) is 3.68. The van der Waals surface area contributed by atoms with Crippen molar-refractivity contribution >= 4 is 9.84 Å². The van der Waals surface area contributed by atoms with E-state index in [0.29, 0.717) is 18.9 Å². The van der Waals surface area contributed by atoms with E-state index in [1.54, 1.807) is 13.8 Å². The van der Waals surface area contributed by atoms with Crippen LogP contribution in [0.15, 0.2) is 4.52 Å². The monoisotopic (exact) mass is 302 g/mol. The third kappa shape index (κ3) is 2.74. The molecular formula is C13H22N2O4S. The van der Waals surface area contributed by atoms with Crippen LogP contribution in [-0.2, 0) is 20.0 Å². The largest absolute Gasteiger partial charge is 0.377 e. The van der Waals surface area contributed by atoms with Crippen LogP contribution in [0.5, 0.6) is 0 Å². The van der Waals surface area contributed by atoms with Gasteiger partial charge in [0.15, 0.2) is 15.7 Å². The zero-order valence-electron chi connectivity index (χ0n) is 12.6. The molecule has 0 bridgehead atoms. The number of aromatic nitrogens is 2. The zero-order valence-corrected chi connectivity index (χ0v) is 13.4. The quantitative estimate of drug-likeness (QED) is 0.849. The molecular weight excluding hydrogens is 280 g/mol. The van der Waals surface area contributed by atoms with Crippen LogP contribution in [0.4, 0.5) is 0 Å². The Morgan fingerprint density at radius 1 is 1.35 bits per heavy atom.